The third-order valence-corrected chi connectivity index (χ3v) is 2.70. The second kappa shape index (κ2) is 4.43. The van der Waals surface area contributed by atoms with Crippen LogP contribution in [0.1, 0.15) is 11.4 Å². The quantitative estimate of drug-likeness (QED) is 0.758. The van der Waals surface area contributed by atoms with Gasteiger partial charge in [-0.05, 0) is 13.0 Å². The molecule has 0 fully saturated rings. The van der Waals surface area contributed by atoms with Gasteiger partial charge in [-0.3, -0.25) is 4.68 Å². The fraction of sp³-hybridized carbons (Fsp3) is 0.556. The van der Waals surface area contributed by atoms with Gasteiger partial charge in [-0.15, -0.1) is 0 Å². The molecule has 1 atom stereocenters. The Morgan fingerprint density at radius 2 is 2.46 bits per heavy atom. The molecule has 1 aromatic rings. The number of alkyl halides is 1. The molecule has 0 aliphatic carbocycles. The van der Waals surface area contributed by atoms with E-state index in [-0.39, 0.29) is 5.92 Å². The first kappa shape index (κ1) is 10.3. The van der Waals surface area contributed by atoms with E-state index in [9.17, 15) is 0 Å². The van der Waals surface area contributed by atoms with Crippen LogP contribution in [0.5, 0.6) is 0 Å². The predicted molar refractivity (Wildman–Crippen MR) is 54.5 cm³/mol. The Balaban J connectivity index is 2.74. The maximum absolute atomic E-state index is 8.78. The number of halogens is 1. The van der Waals surface area contributed by atoms with Gasteiger partial charge in [0, 0.05) is 24.5 Å². The molecule has 1 rings (SSSR count). The van der Waals surface area contributed by atoms with E-state index in [1.807, 2.05) is 24.7 Å². The van der Waals surface area contributed by atoms with Gasteiger partial charge in [0.25, 0.3) is 0 Å². The molecule has 0 saturated heterocycles. The lowest BCUT2D eigenvalue weighted by Gasteiger charge is -2.04. The summed E-state index contributed by atoms with van der Waals surface area (Å²) in [6.07, 6.45) is 0.763. The number of hydrogen-bond acceptors (Lipinski definition) is 2. The second-order valence-electron chi connectivity index (χ2n) is 3.09. The molecule has 0 bridgehead atoms. The van der Waals surface area contributed by atoms with E-state index in [2.05, 4.69) is 27.1 Å². The predicted octanol–water partition coefficient (Wildman–Crippen LogP) is 1.81. The Morgan fingerprint density at radius 3 is 2.85 bits per heavy atom. The number of rotatable bonds is 3. The minimum Gasteiger partial charge on any atom is -0.272 e. The van der Waals surface area contributed by atoms with Crippen LogP contribution in [-0.2, 0) is 13.5 Å². The van der Waals surface area contributed by atoms with Crippen LogP contribution in [0, 0.1) is 24.2 Å². The number of hydrogen-bond donors (Lipinski definition) is 0. The number of aryl methyl sites for hydroxylation is 2. The Morgan fingerprint density at radius 1 is 1.77 bits per heavy atom. The zero-order valence-electron chi connectivity index (χ0n) is 7.79. The van der Waals surface area contributed by atoms with Crippen LogP contribution in [-0.4, -0.2) is 15.1 Å². The molecule has 1 unspecified atom stereocenters. The van der Waals surface area contributed by atoms with E-state index in [0.717, 1.165) is 17.8 Å². The second-order valence-corrected chi connectivity index (χ2v) is 3.73. The van der Waals surface area contributed by atoms with Crippen molar-refractivity contribution in [2.75, 3.05) is 5.33 Å². The SMILES string of the molecule is Cc1cc(CC(C#N)CBr)n(C)n1. The molecule has 0 aliphatic heterocycles. The molecule has 1 aromatic heterocycles. The van der Waals surface area contributed by atoms with Crippen molar-refractivity contribution in [3.63, 3.8) is 0 Å². The highest BCUT2D eigenvalue weighted by Gasteiger charge is 2.10. The summed E-state index contributed by atoms with van der Waals surface area (Å²) in [5.74, 6) is 0.0369. The Kier molecular flexibility index (Phi) is 3.49. The average molecular weight is 242 g/mol. The lowest BCUT2D eigenvalue weighted by Crippen LogP contribution is -2.07. The molecular weight excluding hydrogens is 230 g/mol. The van der Waals surface area contributed by atoms with Crippen molar-refractivity contribution in [3.05, 3.63) is 17.5 Å². The zero-order valence-corrected chi connectivity index (χ0v) is 9.37. The van der Waals surface area contributed by atoms with Gasteiger partial charge in [-0.25, -0.2) is 0 Å². The summed E-state index contributed by atoms with van der Waals surface area (Å²) in [6, 6.07) is 4.27. The van der Waals surface area contributed by atoms with E-state index in [0.29, 0.717) is 5.33 Å². The molecule has 0 radical (unpaired) electrons. The molecule has 4 heteroatoms. The first-order valence-corrected chi connectivity index (χ1v) is 5.24. The first-order valence-electron chi connectivity index (χ1n) is 4.12. The molecule has 0 saturated carbocycles. The molecular formula is C9H12BrN3. The van der Waals surface area contributed by atoms with Crippen LogP contribution in [0.15, 0.2) is 6.07 Å². The van der Waals surface area contributed by atoms with Crippen molar-refractivity contribution >= 4 is 15.9 Å². The smallest absolute Gasteiger partial charge is 0.0668 e. The third kappa shape index (κ3) is 2.56. The molecule has 1 heterocycles. The minimum atomic E-state index is 0.0369. The third-order valence-electron chi connectivity index (χ3n) is 1.92. The molecule has 3 nitrogen and oxygen atoms in total. The molecule has 13 heavy (non-hydrogen) atoms. The van der Waals surface area contributed by atoms with Crippen LogP contribution in [0.25, 0.3) is 0 Å². The highest BCUT2D eigenvalue weighted by atomic mass is 79.9. The normalized spacial score (nSPS) is 12.5. The standard InChI is InChI=1S/C9H12BrN3/c1-7-3-9(13(2)12-7)4-8(5-10)6-11/h3,8H,4-5H2,1-2H3. The lowest BCUT2D eigenvalue weighted by molar-refractivity contribution is 0.651. The number of nitriles is 1. The lowest BCUT2D eigenvalue weighted by atomic mass is 10.1. The number of aromatic nitrogens is 2. The van der Waals surface area contributed by atoms with Crippen LogP contribution in [0.2, 0.25) is 0 Å². The van der Waals surface area contributed by atoms with E-state index >= 15 is 0 Å². The zero-order chi connectivity index (χ0) is 9.84. The summed E-state index contributed by atoms with van der Waals surface area (Å²) in [6.45, 7) is 1.96. The first-order chi connectivity index (χ1) is 6.17. The summed E-state index contributed by atoms with van der Waals surface area (Å²) < 4.78 is 1.84. The van der Waals surface area contributed by atoms with Gasteiger partial charge < -0.3 is 0 Å². The van der Waals surface area contributed by atoms with Gasteiger partial charge in [-0.2, -0.15) is 10.4 Å². The van der Waals surface area contributed by atoms with Crippen LogP contribution >= 0.6 is 15.9 Å². The van der Waals surface area contributed by atoms with Gasteiger partial charge >= 0.3 is 0 Å². The summed E-state index contributed by atoms with van der Waals surface area (Å²) >= 11 is 3.31. The fourth-order valence-corrected chi connectivity index (χ4v) is 1.62. The van der Waals surface area contributed by atoms with Gasteiger partial charge in [0.2, 0.25) is 0 Å². The van der Waals surface area contributed by atoms with Crippen LogP contribution < -0.4 is 0 Å². The van der Waals surface area contributed by atoms with Crippen molar-refractivity contribution in [1.82, 2.24) is 9.78 Å². The Labute approximate surface area is 86.5 Å². The Bertz CT molecular complexity index is 324. The van der Waals surface area contributed by atoms with E-state index in [1.165, 1.54) is 0 Å². The molecule has 0 amide bonds. The summed E-state index contributed by atoms with van der Waals surface area (Å²) in [5, 5.41) is 13.7. The van der Waals surface area contributed by atoms with Crippen molar-refractivity contribution in [2.45, 2.75) is 13.3 Å². The van der Waals surface area contributed by atoms with Crippen molar-refractivity contribution in [3.8, 4) is 6.07 Å². The minimum absolute atomic E-state index is 0.0369. The maximum Gasteiger partial charge on any atom is 0.0668 e. The van der Waals surface area contributed by atoms with Gasteiger partial charge in [0.05, 0.1) is 17.7 Å². The van der Waals surface area contributed by atoms with Crippen molar-refractivity contribution in [1.29, 1.82) is 5.26 Å². The molecule has 0 aromatic carbocycles. The summed E-state index contributed by atoms with van der Waals surface area (Å²) in [5.41, 5.74) is 2.12. The van der Waals surface area contributed by atoms with E-state index in [4.69, 9.17) is 5.26 Å². The van der Waals surface area contributed by atoms with E-state index < -0.39 is 0 Å². The summed E-state index contributed by atoms with van der Waals surface area (Å²) in [4.78, 5) is 0. The Hall–Kier alpha value is -0.820. The van der Waals surface area contributed by atoms with Crippen LogP contribution in [0.3, 0.4) is 0 Å². The average Bonchev–Trinajstić information content (AvgIpc) is 2.41. The highest BCUT2D eigenvalue weighted by Crippen LogP contribution is 2.11. The number of nitrogens with zero attached hydrogens (tertiary/aromatic N) is 3. The molecule has 0 spiro atoms. The highest BCUT2D eigenvalue weighted by molar-refractivity contribution is 9.09. The van der Waals surface area contributed by atoms with Gasteiger partial charge in [0.1, 0.15) is 0 Å². The van der Waals surface area contributed by atoms with Gasteiger partial charge in [-0.1, -0.05) is 15.9 Å². The molecule has 0 aliphatic rings. The molecule has 70 valence electrons. The van der Waals surface area contributed by atoms with Gasteiger partial charge in [0.15, 0.2) is 0 Å². The largest absolute Gasteiger partial charge is 0.272 e. The fourth-order valence-electron chi connectivity index (χ4n) is 1.24. The molecule has 0 N–H and O–H groups in total. The van der Waals surface area contributed by atoms with Crippen LogP contribution in [0.4, 0.5) is 0 Å². The summed E-state index contributed by atoms with van der Waals surface area (Å²) in [7, 11) is 1.91. The monoisotopic (exact) mass is 241 g/mol. The maximum atomic E-state index is 8.78. The van der Waals surface area contributed by atoms with Crippen molar-refractivity contribution in [2.24, 2.45) is 13.0 Å². The van der Waals surface area contributed by atoms with E-state index in [1.54, 1.807) is 0 Å². The topological polar surface area (TPSA) is 41.6 Å². The van der Waals surface area contributed by atoms with Crippen molar-refractivity contribution < 1.29 is 0 Å².